The molecule has 2 rings (SSSR count). The van der Waals surface area contributed by atoms with Crippen molar-refractivity contribution < 1.29 is 17.9 Å². The van der Waals surface area contributed by atoms with Gasteiger partial charge in [0.1, 0.15) is 11.5 Å². The Labute approximate surface area is 149 Å². The standard InChI is InChI=1S/C16H17BrN2O4S/c1-3-23-13-5-7-14(8-6-13)24(20,21)19-18-11-12-4-9-16(22-2)15(17)10-12/h4-11,19H,3H2,1-2H3/b18-11+. The average molecular weight is 413 g/mol. The van der Waals surface area contributed by atoms with E-state index in [-0.39, 0.29) is 4.90 Å². The van der Waals surface area contributed by atoms with Crippen molar-refractivity contribution in [2.24, 2.45) is 5.10 Å². The Bertz CT molecular complexity index is 820. The van der Waals surface area contributed by atoms with Gasteiger partial charge in [0.25, 0.3) is 10.0 Å². The van der Waals surface area contributed by atoms with Gasteiger partial charge in [0.15, 0.2) is 0 Å². The number of nitrogens with one attached hydrogen (secondary N) is 1. The largest absolute Gasteiger partial charge is 0.496 e. The van der Waals surface area contributed by atoms with E-state index in [0.717, 1.165) is 10.0 Å². The number of rotatable bonds is 7. The maximum Gasteiger partial charge on any atom is 0.276 e. The number of methoxy groups -OCH3 is 1. The third-order valence-electron chi connectivity index (χ3n) is 3.01. The number of sulfonamides is 1. The fraction of sp³-hybridized carbons (Fsp3) is 0.188. The molecule has 8 heteroatoms. The van der Waals surface area contributed by atoms with Crippen molar-refractivity contribution in [2.75, 3.05) is 13.7 Å². The van der Waals surface area contributed by atoms with Gasteiger partial charge < -0.3 is 9.47 Å². The van der Waals surface area contributed by atoms with Gasteiger partial charge in [-0.3, -0.25) is 0 Å². The van der Waals surface area contributed by atoms with E-state index >= 15 is 0 Å². The lowest BCUT2D eigenvalue weighted by Crippen LogP contribution is -2.18. The van der Waals surface area contributed by atoms with Gasteiger partial charge in [-0.1, -0.05) is 0 Å². The summed E-state index contributed by atoms with van der Waals surface area (Å²) in [6, 6.07) is 11.4. The number of benzene rings is 2. The Hall–Kier alpha value is -2.06. The quantitative estimate of drug-likeness (QED) is 0.559. The minimum atomic E-state index is -3.72. The molecule has 0 unspecified atom stereocenters. The van der Waals surface area contributed by atoms with Crippen LogP contribution in [0.25, 0.3) is 0 Å². The van der Waals surface area contributed by atoms with Crippen molar-refractivity contribution in [3.63, 3.8) is 0 Å². The van der Waals surface area contributed by atoms with Gasteiger partial charge in [-0.05, 0) is 70.9 Å². The van der Waals surface area contributed by atoms with Gasteiger partial charge in [0.05, 0.1) is 29.3 Å². The van der Waals surface area contributed by atoms with E-state index in [2.05, 4.69) is 25.9 Å². The Kier molecular flexibility index (Phi) is 6.22. The van der Waals surface area contributed by atoms with Crippen LogP contribution in [-0.4, -0.2) is 28.3 Å². The molecular weight excluding hydrogens is 396 g/mol. The number of hydrazone groups is 1. The summed E-state index contributed by atoms with van der Waals surface area (Å²) in [7, 11) is -2.16. The molecule has 6 nitrogen and oxygen atoms in total. The number of hydrogen-bond acceptors (Lipinski definition) is 5. The van der Waals surface area contributed by atoms with E-state index < -0.39 is 10.0 Å². The zero-order valence-corrected chi connectivity index (χ0v) is 15.6. The van der Waals surface area contributed by atoms with Crippen molar-refractivity contribution in [1.82, 2.24) is 4.83 Å². The second-order valence-corrected chi connectivity index (χ2v) is 7.17. The van der Waals surface area contributed by atoms with Crippen molar-refractivity contribution in [2.45, 2.75) is 11.8 Å². The zero-order valence-electron chi connectivity index (χ0n) is 13.2. The molecule has 0 saturated heterocycles. The van der Waals surface area contributed by atoms with Gasteiger partial charge in [0, 0.05) is 0 Å². The number of nitrogens with zero attached hydrogens (tertiary/aromatic N) is 1. The molecule has 2 aromatic carbocycles. The smallest absolute Gasteiger partial charge is 0.276 e. The summed E-state index contributed by atoms with van der Waals surface area (Å²) in [5.41, 5.74) is 0.720. The van der Waals surface area contributed by atoms with Crippen LogP contribution in [0.2, 0.25) is 0 Å². The number of halogens is 1. The van der Waals surface area contributed by atoms with Crippen LogP contribution in [0.3, 0.4) is 0 Å². The van der Waals surface area contributed by atoms with Gasteiger partial charge in [0.2, 0.25) is 0 Å². The summed E-state index contributed by atoms with van der Waals surface area (Å²) in [6.45, 7) is 2.38. The van der Waals surface area contributed by atoms with Crippen LogP contribution in [-0.2, 0) is 10.0 Å². The fourth-order valence-electron chi connectivity index (χ4n) is 1.87. The third kappa shape index (κ3) is 4.72. The SMILES string of the molecule is CCOc1ccc(S(=O)(=O)N/N=C/c2ccc(OC)c(Br)c2)cc1. The Balaban J connectivity index is 2.07. The van der Waals surface area contributed by atoms with Crippen LogP contribution in [0.15, 0.2) is 56.9 Å². The first kappa shape index (κ1) is 18.3. The van der Waals surface area contributed by atoms with Crippen LogP contribution in [0.1, 0.15) is 12.5 Å². The predicted octanol–water partition coefficient (Wildman–Crippen LogP) is 3.17. The Morgan fingerprint density at radius 3 is 2.50 bits per heavy atom. The first-order valence-corrected chi connectivity index (χ1v) is 9.35. The van der Waals surface area contributed by atoms with E-state index in [9.17, 15) is 8.42 Å². The summed E-state index contributed by atoms with van der Waals surface area (Å²) in [5, 5.41) is 3.79. The highest BCUT2D eigenvalue weighted by atomic mass is 79.9. The molecule has 0 aliphatic rings. The Morgan fingerprint density at radius 1 is 1.21 bits per heavy atom. The molecule has 128 valence electrons. The zero-order chi connectivity index (χ0) is 17.6. The van der Waals surface area contributed by atoms with Crippen molar-refractivity contribution in [1.29, 1.82) is 0 Å². The third-order valence-corrected chi connectivity index (χ3v) is 4.87. The molecular formula is C16H17BrN2O4S. The molecule has 0 aliphatic heterocycles. The molecule has 0 aromatic heterocycles. The molecule has 0 heterocycles. The Morgan fingerprint density at radius 2 is 1.92 bits per heavy atom. The van der Waals surface area contributed by atoms with E-state index in [1.807, 2.05) is 6.92 Å². The molecule has 0 atom stereocenters. The number of hydrogen-bond donors (Lipinski definition) is 1. The lowest BCUT2D eigenvalue weighted by molar-refractivity contribution is 0.340. The minimum Gasteiger partial charge on any atom is -0.496 e. The molecule has 0 bridgehead atoms. The summed E-state index contributed by atoms with van der Waals surface area (Å²) < 4.78 is 35.5. The summed E-state index contributed by atoms with van der Waals surface area (Å²) >= 11 is 3.36. The lowest BCUT2D eigenvalue weighted by atomic mass is 10.2. The highest BCUT2D eigenvalue weighted by Gasteiger charge is 2.12. The molecule has 2 aromatic rings. The predicted molar refractivity (Wildman–Crippen MR) is 96.2 cm³/mol. The van der Waals surface area contributed by atoms with Gasteiger partial charge in [-0.25, -0.2) is 4.83 Å². The summed E-state index contributed by atoms with van der Waals surface area (Å²) in [6.07, 6.45) is 1.41. The van der Waals surface area contributed by atoms with Crippen molar-refractivity contribution in [3.05, 3.63) is 52.5 Å². The van der Waals surface area contributed by atoms with Gasteiger partial charge in [-0.15, -0.1) is 0 Å². The van der Waals surface area contributed by atoms with Crippen molar-refractivity contribution in [3.8, 4) is 11.5 Å². The summed E-state index contributed by atoms with van der Waals surface area (Å²) in [5.74, 6) is 1.30. The van der Waals surface area contributed by atoms with Crippen LogP contribution in [0.5, 0.6) is 11.5 Å². The normalized spacial score (nSPS) is 11.5. The van der Waals surface area contributed by atoms with Crippen LogP contribution < -0.4 is 14.3 Å². The van der Waals surface area contributed by atoms with Crippen LogP contribution in [0.4, 0.5) is 0 Å². The van der Waals surface area contributed by atoms with E-state index in [4.69, 9.17) is 9.47 Å². The second-order valence-electron chi connectivity index (χ2n) is 4.65. The molecule has 0 spiro atoms. The van der Waals surface area contributed by atoms with Gasteiger partial charge in [-0.2, -0.15) is 13.5 Å². The molecule has 1 N–H and O–H groups in total. The molecule has 0 saturated carbocycles. The van der Waals surface area contributed by atoms with E-state index in [1.54, 1.807) is 37.4 Å². The first-order chi connectivity index (χ1) is 11.5. The van der Waals surface area contributed by atoms with E-state index in [1.165, 1.54) is 18.3 Å². The molecule has 0 amide bonds. The number of ether oxygens (including phenoxy) is 2. The topological polar surface area (TPSA) is 77.0 Å². The molecule has 0 fully saturated rings. The van der Waals surface area contributed by atoms with Crippen LogP contribution >= 0.6 is 15.9 Å². The monoisotopic (exact) mass is 412 g/mol. The summed E-state index contributed by atoms with van der Waals surface area (Å²) in [4.78, 5) is 2.29. The second kappa shape index (κ2) is 8.16. The lowest BCUT2D eigenvalue weighted by Gasteiger charge is -2.06. The maximum absolute atomic E-state index is 12.2. The first-order valence-electron chi connectivity index (χ1n) is 7.07. The minimum absolute atomic E-state index is 0.110. The van der Waals surface area contributed by atoms with Crippen LogP contribution in [0, 0.1) is 0 Å². The molecule has 0 aliphatic carbocycles. The maximum atomic E-state index is 12.2. The average Bonchev–Trinajstić information content (AvgIpc) is 2.56. The van der Waals surface area contributed by atoms with E-state index in [0.29, 0.717) is 18.1 Å². The molecule has 0 radical (unpaired) electrons. The van der Waals surface area contributed by atoms with Crippen molar-refractivity contribution >= 4 is 32.2 Å². The fourth-order valence-corrected chi connectivity index (χ4v) is 3.22. The molecule has 24 heavy (non-hydrogen) atoms. The highest BCUT2D eigenvalue weighted by molar-refractivity contribution is 9.10. The van der Waals surface area contributed by atoms with Gasteiger partial charge >= 0.3 is 0 Å². The highest BCUT2D eigenvalue weighted by Crippen LogP contribution is 2.24.